The van der Waals surface area contributed by atoms with E-state index in [2.05, 4.69) is 22.8 Å². The van der Waals surface area contributed by atoms with Crippen LogP contribution in [0.1, 0.15) is 17.0 Å². The van der Waals surface area contributed by atoms with Crippen molar-refractivity contribution in [3.63, 3.8) is 0 Å². The van der Waals surface area contributed by atoms with Gasteiger partial charge in [0, 0.05) is 25.6 Å². The largest absolute Gasteiger partial charge is 0.355 e. The van der Waals surface area contributed by atoms with Gasteiger partial charge in [0.2, 0.25) is 5.91 Å². The normalized spacial score (nSPS) is 21.5. The predicted octanol–water partition coefficient (Wildman–Crippen LogP) is 1.08. The lowest BCUT2D eigenvalue weighted by atomic mass is 9.77. The van der Waals surface area contributed by atoms with Crippen molar-refractivity contribution in [3.8, 4) is 0 Å². The van der Waals surface area contributed by atoms with Gasteiger partial charge >= 0.3 is 0 Å². The van der Waals surface area contributed by atoms with Gasteiger partial charge in [0.05, 0.1) is 5.92 Å². The van der Waals surface area contributed by atoms with E-state index in [0.29, 0.717) is 5.92 Å². The van der Waals surface area contributed by atoms with Gasteiger partial charge in [-0.1, -0.05) is 24.3 Å². The minimum Gasteiger partial charge on any atom is -0.355 e. The molecule has 0 saturated carbocycles. The van der Waals surface area contributed by atoms with Crippen LogP contribution in [-0.4, -0.2) is 25.5 Å². The van der Waals surface area contributed by atoms with E-state index in [9.17, 15) is 4.79 Å². The molecule has 1 aliphatic heterocycles. The smallest absolute Gasteiger partial charge is 0.227 e. The maximum atomic E-state index is 11.9. The summed E-state index contributed by atoms with van der Waals surface area (Å²) < 4.78 is 0. The molecular formula is C13H17ClN2O. The summed E-state index contributed by atoms with van der Waals surface area (Å²) in [4.78, 5) is 11.9. The molecule has 1 unspecified atom stereocenters. The van der Waals surface area contributed by atoms with Crippen LogP contribution < -0.4 is 10.6 Å². The Kier molecular flexibility index (Phi) is 3.69. The molecule has 2 aliphatic rings. The molecule has 1 fully saturated rings. The molecule has 2 N–H and O–H groups in total. The first-order valence-corrected chi connectivity index (χ1v) is 5.91. The van der Waals surface area contributed by atoms with E-state index in [1.54, 1.807) is 0 Å². The number of hydrogen-bond acceptors (Lipinski definition) is 2. The Bertz CT molecular complexity index is 418. The van der Waals surface area contributed by atoms with Crippen LogP contribution in [0.2, 0.25) is 0 Å². The average Bonchev–Trinajstić information content (AvgIpc) is 2.17. The summed E-state index contributed by atoms with van der Waals surface area (Å²) in [5.41, 5.74) is 2.54. The van der Waals surface area contributed by atoms with Gasteiger partial charge in [-0.05, 0) is 17.5 Å². The van der Waals surface area contributed by atoms with E-state index >= 15 is 0 Å². The number of nitrogens with one attached hydrogen (secondary N) is 2. The number of benzene rings is 1. The van der Waals surface area contributed by atoms with Crippen LogP contribution in [0.25, 0.3) is 0 Å². The topological polar surface area (TPSA) is 41.1 Å². The Morgan fingerprint density at radius 2 is 2.12 bits per heavy atom. The molecule has 0 aromatic heterocycles. The summed E-state index contributed by atoms with van der Waals surface area (Å²) in [6.45, 7) is 2.91. The van der Waals surface area contributed by atoms with Crippen molar-refractivity contribution in [3.05, 3.63) is 35.4 Å². The molecule has 0 bridgehead atoms. The lowest BCUT2D eigenvalue weighted by Gasteiger charge is -2.31. The first-order valence-electron chi connectivity index (χ1n) is 5.91. The van der Waals surface area contributed by atoms with Crippen LogP contribution in [0.3, 0.4) is 0 Å². The van der Waals surface area contributed by atoms with Crippen LogP contribution in [-0.2, 0) is 11.2 Å². The zero-order chi connectivity index (χ0) is 11.0. The number of carbonyl (C=O) groups excluding carboxylic acids is 1. The molecule has 17 heavy (non-hydrogen) atoms. The molecule has 3 rings (SSSR count). The molecule has 1 saturated heterocycles. The quantitative estimate of drug-likeness (QED) is 0.846. The van der Waals surface area contributed by atoms with Gasteiger partial charge in [-0.2, -0.15) is 0 Å². The number of hydrogen-bond donors (Lipinski definition) is 2. The number of fused-ring (bicyclic) bond motifs is 1. The first kappa shape index (κ1) is 12.4. The first-order chi connectivity index (χ1) is 7.84. The van der Waals surface area contributed by atoms with Crippen molar-refractivity contribution in [2.75, 3.05) is 19.6 Å². The lowest BCUT2D eigenvalue weighted by molar-refractivity contribution is -0.123. The number of rotatable bonds is 3. The molecule has 1 heterocycles. The second-order valence-electron chi connectivity index (χ2n) is 4.72. The molecule has 1 aliphatic carbocycles. The summed E-state index contributed by atoms with van der Waals surface area (Å²) in [7, 11) is 0. The van der Waals surface area contributed by atoms with Crippen LogP contribution in [0, 0.1) is 5.92 Å². The Labute approximate surface area is 107 Å². The molecule has 4 heteroatoms. The fraction of sp³-hybridized carbons (Fsp3) is 0.462. The molecule has 92 valence electrons. The molecule has 0 radical (unpaired) electrons. The van der Waals surface area contributed by atoms with E-state index in [0.717, 1.165) is 26.1 Å². The summed E-state index contributed by atoms with van der Waals surface area (Å²) in [6.07, 6.45) is 0.908. The Morgan fingerprint density at radius 1 is 1.35 bits per heavy atom. The Hall–Kier alpha value is -1.06. The third kappa shape index (κ3) is 2.31. The molecular weight excluding hydrogens is 236 g/mol. The summed E-state index contributed by atoms with van der Waals surface area (Å²) in [5, 5.41) is 6.25. The van der Waals surface area contributed by atoms with Gasteiger partial charge in [0.15, 0.2) is 0 Å². The van der Waals surface area contributed by atoms with Crippen molar-refractivity contribution < 1.29 is 4.79 Å². The van der Waals surface area contributed by atoms with Gasteiger partial charge in [0.1, 0.15) is 0 Å². The van der Waals surface area contributed by atoms with E-state index < -0.39 is 0 Å². The number of amides is 1. The van der Waals surface area contributed by atoms with Gasteiger partial charge in [-0.15, -0.1) is 12.4 Å². The van der Waals surface area contributed by atoms with E-state index in [1.807, 2.05) is 12.1 Å². The van der Waals surface area contributed by atoms with Crippen molar-refractivity contribution in [2.24, 2.45) is 5.92 Å². The van der Waals surface area contributed by atoms with E-state index in [1.165, 1.54) is 11.1 Å². The maximum absolute atomic E-state index is 11.9. The zero-order valence-electron chi connectivity index (χ0n) is 9.61. The highest BCUT2D eigenvalue weighted by Crippen LogP contribution is 2.34. The second-order valence-corrected chi connectivity index (χ2v) is 4.72. The van der Waals surface area contributed by atoms with Gasteiger partial charge < -0.3 is 10.6 Å². The molecule has 1 aromatic rings. The van der Waals surface area contributed by atoms with Crippen molar-refractivity contribution in [1.82, 2.24) is 10.6 Å². The second kappa shape index (κ2) is 5.07. The van der Waals surface area contributed by atoms with E-state index in [4.69, 9.17) is 0 Å². The highest BCUT2D eigenvalue weighted by atomic mass is 35.5. The van der Waals surface area contributed by atoms with Crippen LogP contribution in [0.4, 0.5) is 0 Å². The minimum absolute atomic E-state index is 0. The van der Waals surface area contributed by atoms with Gasteiger partial charge in [0.25, 0.3) is 0 Å². The number of halogens is 1. The van der Waals surface area contributed by atoms with Crippen molar-refractivity contribution in [1.29, 1.82) is 0 Å². The fourth-order valence-electron chi connectivity index (χ4n) is 2.35. The fourth-order valence-corrected chi connectivity index (χ4v) is 2.35. The maximum Gasteiger partial charge on any atom is 0.227 e. The minimum atomic E-state index is 0. The average molecular weight is 253 g/mol. The summed E-state index contributed by atoms with van der Waals surface area (Å²) in [6, 6.07) is 8.21. The van der Waals surface area contributed by atoms with Gasteiger partial charge in [-0.3, -0.25) is 4.79 Å². The van der Waals surface area contributed by atoms with Crippen molar-refractivity contribution in [2.45, 2.75) is 12.3 Å². The van der Waals surface area contributed by atoms with Crippen LogP contribution in [0.5, 0.6) is 0 Å². The Balaban J connectivity index is 0.00000108. The third-order valence-electron chi connectivity index (χ3n) is 3.60. The summed E-state index contributed by atoms with van der Waals surface area (Å²) >= 11 is 0. The summed E-state index contributed by atoms with van der Waals surface area (Å²) in [5.74, 6) is 0.939. The Morgan fingerprint density at radius 3 is 2.76 bits per heavy atom. The standard InChI is InChI=1S/C13H16N2O.ClH/c16-13(15-8-9-6-14-7-9)12-5-10-3-1-2-4-11(10)12;/h1-4,9,12,14H,5-8H2,(H,15,16);1H. The molecule has 0 spiro atoms. The molecule has 1 aromatic carbocycles. The van der Waals surface area contributed by atoms with Crippen LogP contribution >= 0.6 is 12.4 Å². The van der Waals surface area contributed by atoms with E-state index in [-0.39, 0.29) is 24.2 Å². The SMILES string of the molecule is Cl.O=C(NCC1CNC1)C1Cc2ccccc21. The highest BCUT2D eigenvalue weighted by Gasteiger charge is 2.31. The molecule has 1 atom stereocenters. The monoisotopic (exact) mass is 252 g/mol. The van der Waals surface area contributed by atoms with Crippen molar-refractivity contribution >= 4 is 18.3 Å². The highest BCUT2D eigenvalue weighted by molar-refractivity contribution is 5.86. The third-order valence-corrected chi connectivity index (χ3v) is 3.60. The molecule has 3 nitrogen and oxygen atoms in total. The van der Waals surface area contributed by atoms with Crippen LogP contribution in [0.15, 0.2) is 24.3 Å². The molecule has 1 amide bonds. The number of carbonyl (C=O) groups is 1. The van der Waals surface area contributed by atoms with Gasteiger partial charge in [-0.25, -0.2) is 0 Å². The zero-order valence-corrected chi connectivity index (χ0v) is 10.4. The lowest BCUT2D eigenvalue weighted by Crippen LogP contribution is -2.49. The predicted molar refractivity (Wildman–Crippen MR) is 69.5 cm³/mol.